The third-order valence-electron chi connectivity index (χ3n) is 2.46. The summed E-state index contributed by atoms with van der Waals surface area (Å²) in [5.74, 6) is 0. The quantitative estimate of drug-likeness (QED) is 0.720. The van der Waals surface area contributed by atoms with Crippen molar-refractivity contribution < 1.29 is 9.53 Å². The Balaban J connectivity index is 1.97. The maximum Gasteiger partial charge on any atom is 0.412 e. The molecule has 6 heteroatoms. The maximum atomic E-state index is 11.7. The molecule has 2 aromatic carbocycles. The Morgan fingerprint density at radius 3 is 2.55 bits per heavy atom. The van der Waals surface area contributed by atoms with Gasteiger partial charge in [0.25, 0.3) is 0 Å². The molecular weight excluding hydrogens is 365 g/mol. The Labute approximate surface area is 135 Å². The van der Waals surface area contributed by atoms with Crippen LogP contribution >= 0.6 is 39.1 Å². The van der Waals surface area contributed by atoms with Crippen molar-refractivity contribution in [3.8, 4) is 0 Å². The number of rotatable bonds is 3. The zero-order valence-corrected chi connectivity index (χ0v) is 13.3. The number of hydrogen-bond acceptors (Lipinski definition) is 2. The van der Waals surface area contributed by atoms with E-state index in [2.05, 4.69) is 21.2 Å². The predicted molar refractivity (Wildman–Crippen MR) is 84.4 cm³/mol. The number of halogens is 3. The van der Waals surface area contributed by atoms with Gasteiger partial charge in [-0.2, -0.15) is 0 Å². The van der Waals surface area contributed by atoms with Crippen LogP contribution in [0.4, 0.5) is 10.5 Å². The molecule has 0 heterocycles. The summed E-state index contributed by atoms with van der Waals surface area (Å²) in [6, 6.07) is 12.6. The van der Waals surface area contributed by atoms with Gasteiger partial charge in [0, 0.05) is 4.47 Å². The number of ether oxygens (including phenoxy) is 1. The molecule has 20 heavy (non-hydrogen) atoms. The van der Waals surface area contributed by atoms with E-state index in [1.165, 1.54) is 0 Å². The van der Waals surface area contributed by atoms with Crippen molar-refractivity contribution in [3.63, 3.8) is 0 Å². The Morgan fingerprint density at radius 2 is 1.85 bits per heavy atom. The smallest absolute Gasteiger partial charge is 0.412 e. The Hall–Kier alpha value is -1.23. The zero-order chi connectivity index (χ0) is 14.5. The minimum absolute atomic E-state index is 0.189. The first-order chi connectivity index (χ1) is 9.56. The molecule has 0 saturated carbocycles. The average molecular weight is 375 g/mol. The van der Waals surface area contributed by atoms with E-state index < -0.39 is 6.09 Å². The SMILES string of the molecule is O=C(Nc1cc(Cl)c(Br)cc1Cl)OCc1ccccc1. The second kappa shape index (κ2) is 6.97. The van der Waals surface area contributed by atoms with Crippen LogP contribution in [0.1, 0.15) is 5.56 Å². The van der Waals surface area contributed by atoms with Gasteiger partial charge in [0.15, 0.2) is 0 Å². The van der Waals surface area contributed by atoms with E-state index in [0.29, 0.717) is 20.2 Å². The molecule has 2 rings (SSSR count). The number of benzene rings is 2. The largest absolute Gasteiger partial charge is 0.444 e. The number of amides is 1. The highest BCUT2D eigenvalue weighted by Gasteiger charge is 2.10. The molecule has 2 aromatic rings. The lowest BCUT2D eigenvalue weighted by molar-refractivity contribution is 0.155. The van der Waals surface area contributed by atoms with Gasteiger partial charge in [-0.3, -0.25) is 5.32 Å². The molecule has 0 aliphatic heterocycles. The minimum Gasteiger partial charge on any atom is -0.444 e. The Kier molecular flexibility index (Phi) is 5.29. The number of carbonyl (C=O) groups is 1. The normalized spacial score (nSPS) is 10.2. The topological polar surface area (TPSA) is 38.3 Å². The molecule has 0 bridgehead atoms. The lowest BCUT2D eigenvalue weighted by atomic mass is 10.2. The molecule has 104 valence electrons. The van der Waals surface area contributed by atoms with E-state index >= 15 is 0 Å². The first kappa shape index (κ1) is 15.2. The highest BCUT2D eigenvalue weighted by molar-refractivity contribution is 9.10. The van der Waals surface area contributed by atoms with Crippen LogP contribution in [0.25, 0.3) is 0 Å². The first-order valence-corrected chi connectivity index (χ1v) is 7.23. The van der Waals surface area contributed by atoms with Crippen molar-refractivity contribution in [1.82, 2.24) is 0 Å². The van der Waals surface area contributed by atoms with Crippen LogP contribution in [0.15, 0.2) is 46.9 Å². The fourth-order valence-corrected chi connectivity index (χ4v) is 2.34. The van der Waals surface area contributed by atoms with Gasteiger partial charge in [0.05, 0.1) is 15.7 Å². The average Bonchev–Trinajstić information content (AvgIpc) is 2.44. The summed E-state index contributed by atoms with van der Waals surface area (Å²) >= 11 is 15.2. The molecule has 0 saturated heterocycles. The molecule has 0 fully saturated rings. The van der Waals surface area contributed by atoms with Crippen molar-refractivity contribution in [2.24, 2.45) is 0 Å². The number of nitrogens with one attached hydrogen (secondary N) is 1. The summed E-state index contributed by atoms with van der Waals surface area (Å²) in [7, 11) is 0. The lowest BCUT2D eigenvalue weighted by Gasteiger charge is -2.09. The summed E-state index contributed by atoms with van der Waals surface area (Å²) in [6.07, 6.45) is -0.589. The molecule has 0 aromatic heterocycles. The summed E-state index contributed by atoms with van der Waals surface area (Å²) < 4.78 is 5.75. The van der Waals surface area contributed by atoms with E-state index in [1.807, 2.05) is 30.3 Å². The fourth-order valence-electron chi connectivity index (χ4n) is 1.49. The highest BCUT2D eigenvalue weighted by Crippen LogP contribution is 2.32. The molecule has 0 atom stereocenters. The zero-order valence-electron chi connectivity index (χ0n) is 10.2. The fraction of sp³-hybridized carbons (Fsp3) is 0.0714. The van der Waals surface area contributed by atoms with Gasteiger partial charge in [0.1, 0.15) is 6.61 Å². The molecule has 0 aliphatic rings. The summed E-state index contributed by atoms with van der Waals surface area (Å²) in [6.45, 7) is 0.189. The molecule has 0 aliphatic carbocycles. The number of anilines is 1. The minimum atomic E-state index is -0.589. The molecule has 1 amide bonds. The van der Waals surface area contributed by atoms with Crippen LogP contribution in [0.5, 0.6) is 0 Å². The summed E-state index contributed by atoms with van der Waals surface area (Å²) in [5, 5.41) is 3.37. The maximum absolute atomic E-state index is 11.7. The Bertz CT molecular complexity index is 620. The lowest BCUT2D eigenvalue weighted by Crippen LogP contribution is -2.13. The van der Waals surface area contributed by atoms with Crippen molar-refractivity contribution in [1.29, 1.82) is 0 Å². The van der Waals surface area contributed by atoms with E-state index in [9.17, 15) is 4.79 Å². The third-order valence-corrected chi connectivity index (χ3v) is 3.97. The number of carbonyl (C=O) groups excluding carboxylic acids is 1. The van der Waals surface area contributed by atoms with Crippen LogP contribution < -0.4 is 5.32 Å². The second-order valence-corrected chi connectivity index (χ2v) is 5.60. The molecule has 3 nitrogen and oxygen atoms in total. The van der Waals surface area contributed by atoms with Crippen LogP contribution in [0.3, 0.4) is 0 Å². The van der Waals surface area contributed by atoms with E-state index in [-0.39, 0.29) is 6.61 Å². The van der Waals surface area contributed by atoms with Crippen molar-refractivity contribution in [2.75, 3.05) is 5.32 Å². The molecule has 0 unspecified atom stereocenters. The molecule has 0 spiro atoms. The van der Waals surface area contributed by atoms with E-state index in [4.69, 9.17) is 27.9 Å². The van der Waals surface area contributed by atoms with E-state index in [1.54, 1.807) is 12.1 Å². The Morgan fingerprint density at radius 1 is 1.15 bits per heavy atom. The van der Waals surface area contributed by atoms with Gasteiger partial charge in [-0.25, -0.2) is 4.79 Å². The summed E-state index contributed by atoms with van der Waals surface area (Å²) in [4.78, 5) is 11.7. The molecule has 0 radical (unpaired) electrons. The van der Waals surface area contributed by atoms with Crippen molar-refractivity contribution >= 4 is 50.9 Å². The first-order valence-electron chi connectivity index (χ1n) is 5.68. The number of hydrogen-bond donors (Lipinski definition) is 1. The van der Waals surface area contributed by atoms with Crippen molar-refractivity contribution in [2.45, 2.75) is 6.61 Å². The van der Waals surface area contributed by atoms with Gasteiger partial charge in [-0.1, -0.05) is 53.5 Å². The van der Waals surface area contributed by atoms with Gasteiger partial charge in [-0.05, 0) is 33.6 Å². The molecular formula is C14H10BrCl2NO2. The van der Waals surface area contributed by atoms with E-state index in [0.717, 1.165) is 5.56 Å². The van der Waals surface area contributed by atoms with Crippen molar-refractivity contribution in [3.05, 3.63) is 62.5 Å². The van der Waals surface area contributed by atoms with Gasteiger partial charge in [0.2, 0.25) is 0 Å². The second-order valence-electron chi connectivity index (χ2n) is 3.93. The van der Waals surface area contributed by atoms with Crippen LogP contribution in [-0.4, -0.2) is 6.09 Å². The van der Waals surface area contributed by atoms with Gasteiger partial charge in [-0.15, -0.1) is 0 Å². The third kappa shape index (κ3) is 4.13. The highest BCUT2D eigenvalue weighted by atomic mass is 79.9. The van der Waals surface area contributed by atoms with Gasteiger partial charge < -0.3 is 4.74 Å². The van der Waals surface area contributed by atoms with Gasteiger partial charge >= 0.3 is 6.09 Å². The monoisotopic (exact) mass is 373 g/mol. The van der Waals surface area contributed by atoms with Crippen LogP contribution in [0.2, 0.25) is 10.0 Å². The van der Waals surface area contributed by atoms with Crippen LogP contribution in [0, 0.1) is 0 Å². The molecule has 1 N–H and O–H groups in total. The standard InChI is InChI=1S/C14H10BrCl2NO2/c15-10-6-12(17)13(7-11(10)16)18-14(19)20-8-9-4-2-1-3-5-9/h1-7H,8H2,(H,18,19). The predicted octanol–water partition coefficient (Wildman–Crippen LogP) is 5.50. The summed E-state index contributed by atoms with van der Waals surface area (Å²) in [5.41, 5.74) is 1.31. The van der Waals surface area contributed by atoms with Crippen LogP contribution in [-0.2, 0) is 11.3 Å².